The van der Waals surface area contributed by atoms with E-state index in [-0.39, 0.29) is 17.9 Å². The molecule has 0 bridgehead atoms. The number of carboxylic acids is 1. The van der Waals surface area contributed by atoms with Crippen LogP contribution >= 0.6 is 0 Å². The number of nitro groups is 1. The maximum absolute atomic E-state index is 12.6. The van der Waals surface area contributed by atoms with Gasteiger partial charge in [0.05, 0.1) is 21.7 Å². The Kier molecular flexibility index (Phi) is 5.39. The lowest BCUT2D eigenvalue weighted by atomic mass is 9.74. The fraction of sp³-hybridized carbons (Fsp3) is 0.444. The molecule has 0 spiro atoms. The summed E-state index contributed by atoms with van der Waals surface area (Å²) in [6.45, 7) is 1.66. The van der Waals surface area contributed by atoms with Crippen LogP contribution in [0.3, 0.4) is 0 Å². The van der Waals surface area contributed by atoms with Crippen LogP contribution in [0.15, 0.2) is 24.3 Å². The van der Waals surface area contributed by atoms with Crippen LogP contribution in [-0.4, -0.2) is 43.4 Å². The Labute approximate surface area is 160 Å². The molecule has 10 heteroatoms. The number of nitrogens with one attached hydrogen (secondary N) is 1. The smallest absolute Gasteiger partial charge is 0.311 e. The van der Waals surface area contributed by atoms with E-state index < -0.39 is 22.2 Å². The highest BCUT2D eigenvalue weighted by Crippen LogP contribution is 2.36. The van der Waals surface area contributed by atoms with Crippen molar-refractivity contribution >= 4 is 17.6 Å². The van der Waals surface area contributed by atoms with E-state index in [0.29, 0.717) is 24.2 Å². The fourth-order valence-electron chi connectivity index (χ4n) is 3.55. The van der Waals surface area contributed by atoms with Crippen LogP contribution in [0.2, 0.25) is 0 Å². The molecule has 0 aliphatic heterocycles. The van der Waals surface area contributed by atoms with E-state index in [4.69, 9.17) is 0 Å². The third-order valence-corrected chi connectivity index (χ3v) is 5.25. The van der Waals surface area contributed by atoms with Crippen molar-refractivity contribution in [2.45, 2.75) is 39.0 Å². The molecule has 1 amide bonds. The maximum Gasteiger partial charge on any atom is 0.311 e. The maximum atomic E-state index is 12.6. The summed E-state index contributed by atoms with van der Waals surface area (Å²) in [5.74, 6) is -1.41. The summed E-state index contributed by atoms with van der Waals surface area (Å²) in [5.41, 5.74) is -0.168. The van der Waals surface area contributed by atoms with E-state index in [1.54, 1.807) is 13.0 Å². The number of nitrogens with zero attached hydrogens (tertiary/aromatic N) is 4. The van der Waals surface area contributed by atoms with E-state index in [1.165, 1.54) is 22.9 Å². The summed E-state index contributed by atoms with van der Waals surface area (Å²) in [7, 11) is 0. The van der Waals surface area contributed by atoms with Crippen LogP contribution in [0.4, 0.5) is 5.69 Å². The summed E-state index contributed by atoms with van der Waals surface area (Å²) >= 11 is 0. The number of aromatic nitrogens is 3. The first-order valence-corrected chi connectivity index (χ1v) is 9.03. The summed E-state index contributed by atoms with van der Waals surface area (Å²) in [5, 5.41) is 31.0. The standard InChI is InChI=1S/C18H21N5O5/c1-12-15(16(24)19-11-18(17(25)26)8-3-2-4-9-18)20-21-22(12)13-6-5-7-14(10-13)23(27)28/h5-7,10H,2-4,8-9,11H2,1H3,(H,19,24)(H,25,26). The molecule has 2 N–H and O–H groups in total. The number of hydrogen-bond acceptors (Lipinski definition) is 6. The van der Waals surface area contributed by atoms with Gasteiger partial charge in [-0.15, -0.1) is 5.10 Å². The zero-order chi connectivity index (χ0) is 20.3. The van der Waals surface area contributed by atoms with Gasteiger partial charge in [-0.1, -0.05) is 30.5 Å². The van der Waals surface area contributed by atoms with Gasteiger partial charge in [0.15, 0.2) is 5.69 Å². The normalized spacial score (nSPS) is 15.8. The molecule has 1 aromatic heterocycles. The first kappa shape index (κ1) is 19.5. The SMILES string of the molecule is Cc1c(C(=O)NCC2(C(=O)O)CCCCC2)nnn1-c1cccc([N+](=O)[O-])c1. The van der Waals surface area contributed by atoms with E-state index in [1.807, 2.05) is 0 Å². The van der Waals surface area contributed by atoms with Crippen molar-refractivity contribution in [3.63, 3.8) is 0 Å². The van der Waals surface area contributed by atoms with Crippen molar-refractivity contribution in [3.05, 3.63) is 45.8 Å². The molecule has 0 saturated heterocycles. The van der Waals surface area contributed by atoms with Gasteiger partial charge in [0, 0.05) is 18.7 Å². The monoisotopic (exact) mass is 387 g/mol. The van der Waals surface area contributed by atoms with Gasteiger partial charge in [0.25, 0.3) is 11.6 Å². The molecule has 10 nitrogen and oxygen atoms in total. The molecule has 0 radical (unpaired) electrons. The molecule has 148 valence electrons. The Bertz CT molecular complexity index is 917. The number of carbonyl (C=O) groups excluding carboxylic acids is 1. The second kappa shape index (κ2) is 7.75. The molecule has 0 unspecified atom stereocenters. The number of carbonyl (C=O) groups is 2. The molecule has 0 atom stereocenters. The van der Waals surface area contributed by atoms with Crippen LogP contribution in [0.25, 0.3) is 5.69 Å². The molecule has 1 aliphatic rings. The van der Waals surface area contributed by atoms with E-state index in [9.17, 15) is 24.8 Å². The largest absolute Gasteiger partial charge is 0.481 e. The average Bonchev–Trinajstić information content (AvgIpc) is 3.08. The molecule has 1 aliphatic carbocycles. The minimum absolute atomic E-state index is 0.0320. The Morgan fingerprint density at radius 1 is 1.32 bits per heavy atom. The minimum atomic E-state index is -0.947. The molecular weight excluding hydrogens is 366 g/mol. The lowest BCUT2D eigenvalue weighted by Gasteiger charge is -2.33. The predicted molar refractivity (Wildman–Crippen MR) is 98.2 cm³/mol. The predicted octanol–water partition coefficient (Wildman–Crippen LogP) is 2.25. The van der Waals surface area contributed by atoms with Crippen molar-refractivity contribution in [1.29, 1.82) is 0 Å². The summed E-state index contributed by atoms with van der Waals surface area (Å²) < 4.78 is 1.34. The molecule has 3 rings (SSSR count). The number of non-ortho nitro benzene ring substituents is 1. The van der Waals surface area contributed by atoms with Crippen molar-refractivity contribution in [1.82, 2.24) is 20.3 Å². The van der Waals surface area contributed by atoms with Crippen molar-refractivity contribution < 1.29 is 19.6 Å². The molecule has 1 saturated carbocycles. The van der Waals surface area contributed by atoms with Crippen molar-refractivity contribution in [2.24, 2.45) is 5.41 Å². The number of rotatable bonds is 6. The van der Waals surface area contributed by atoms with E-state index in [2.05, 4.69) is 15.6 Å². The average molecular weight is 387 g/mol. The molecule has 2 aromatic rings. The van der Waals surface area contributed by atoms with Gasteiger partial charge in [-0.2, -0.15) is 0 Å². The molecular formula is C18H21N5O5. The third-order valence-electron chi connectivity index (χ3n) is 5.25. The second-order valence-electron chi connectivity index (χ2n) is 7.04. The van der Waals surface area contributed by atoms with Gasteiger partial charge in [0.2, 0.25) is 0 Å². The van der Waals surface area contributed by atoms with Gasteiger partial charge < -0.3 is 10.4 Å². The third kappa shape index (κ3) is 3.71. The lowest BCUT2D eigenvalue weighted by molar-refractivity contribution is -0.384. The number of carboxylic acid groups (broad SMARTS) is 1. The van der Waals surface area contributed by atoms with Gasteiger partial charge in [0.1, 0.15) is 0 Å². The van der Waals surface area contributed by atoms with Crippen LogP contribution in [0.5, 0.6) is 0 Å². The Morgan fingerprint density at radius 2 is 2.04 bits per heavy atom. The zero-order valence-corrected chi connectivity index (χ0v) is 15.4. The Balaban J connectivity index is 1.78. The molecule has 28 heavy (non-hydrogen) atoms. The van der Waals surface area contributed by atoms with Crippen LogP contribution in [0, 0.1) is 22.5 Å². The summed E-state index contributed by atoms with van der Waals surface area (Å²) in [6, 6.07) is 5.84. The quantitative estimate of drug-likeness (QED) is 0.572. The fourth-order valence-corrected chi connectivity index (χ4v) is 3.55. The summed E-state index contributed by atoms with van der Waals surface area (Å²) in [6.07, 6.45) is 3.71. The first-order chi connectivity index (χ1) is 13.3. The Hall–Kier alpha value is -3.30. The van der Waals surface area contributed by atoms with Crippen molar-refractivity contribution in [2.75, 3.05) is 6.54 Å². The van der Waals surface area contributed by atoms with Gasteiger partial charge in [-0.3, -0.25) is 19.7 Å². The van der Waals surface area contributed by atoms with E-state index in [0.717, 1.165) is 19.3 Å². The highest BCUT2D eigenvalue weighted by Gasteiger charge is 2.40. The minimum Gasteiger partial charge on any atom is -0.481 e. The Morgan fingerprint density at radius 3 is 2.68 bits per heavy atom. The van der Waals surface area contributed by atoms with Crippen molar-refractivity contribution in [3.8, 4) is 5.69 Å². The number of benzene rings is 1. The van der Waals surface area contributed by atoms with Gasteiger partial charge in [-0.25, -0.2) is 4.68 Å². The zero-order valence-electron chi connectivity index (χ0n) is 15.4. The number of aliphatic carboxylic acids is 1. The topological polar surface area (TPSA) is 140 Å². The van der Waals surface area contributed by atoms with Crippen LogP contribution in [0.1, 0.15) is 48.3 Å². The second-order valence-corrected chi connectivity index (χ2v) is 7.04. The summed E-state index contributed by atoms with van der Waals surface area (Å²) in [4.78, 5) is 34.7. The number of nitro benzene ring substituents is 1. The van der Waals surface area contributed by atoms with E-state index >= 15 is 0 Å². The lowest BCUT2D eigenvalue weighted by Crippen LogP contribution is -2.44. The van der Waals surface area contributed by atoms with Crippen LogP contribution in [-0.2, 0) is 4.79 Å². The molecule has 1 aromatic carbocycles. The first-order valence-electron chi connectivity index (χ1n) is 9.03. The van der Waals surface area contributed by atoms with Gasteiger partial charge in [-0.05, 0) is 25.8 Å². The highest BCUT2D eigenvalue weighted by atomic mass is 16.6. The number of hydrogen-bond donors (Lipinski definition) is 2. The molecule has 1 heterocycles. The van der Waals surface area contributed by atoms with Gasteiger partial charge >= 0.3 is 5.97 Å². The highest BCUT2D eigenvalue weighted by molar-refractivity contribution is 5.93. The van der Waals surface area contributed by atoms with Crippen LogP contribution < -0.4 is 5.32 Å². The molecule has 1 fully saturated rings. The number of amides is 1.